The monoisotopic (exact) mass is 1360 g/mol. The Labute approximate surface area is 603 Å². The number of rotatable bonds is 30. The van der Waals surface area contributed by atoms with Crippen molar-refractivity contribution in [1.29, 1.82) is 0 Å². The number of benzene rings is 7. The predicted molar refractivity (Wildman–Crippen MR) is 409 cm³/mol. The topological polar surface area (TPSA) is 122 Å². The van der Waals surface area contributed by atoms with E-state index in [2.05, 4.69) is 159 Å². The molecule has 0 aliphatic carbocycles. The zero-order chi connectivity index (χ0) is 71.5. The van der Waals surface area contributed by atoms with E-state index in [1.54, 1.807) is 7.11 Å². The van der Waals surface area contributed by atoms with Crippen molar-refractivity contribution in [2.75, 3.05) is 66.1 Å². The molecule has 12 heteroatoms. The summed E-state index contributed by atoms with van der Waals surface area (Å²) in [6, 6.07) is 69.6. The fourth-order valence-electron chi connectivity index (χ4n) is 14.5. The summed E-state index contributed by atoms with van der Waals surface area (Å²) in [6.07, 6.45) is 12.6. The fraction of sp³-hybridized carbons (Fsp3) is 0.438. The van der Waals surface area contributed by atoms with Crippen LogP contribution in [0.5, 0.6) is 23.0 Å². The van der Waals surface area contributed by atoms with Crippen LogP contribution in [-0.4, -0.2) is 109 Å². The van der Waals surface area contributed by atoms with Crippen LogP contribution in [0, 0.1) is 21.7 Å². The molecule has 101 heavy (non-hydrogen) atoms. The molecule has 12 nitrogen and oxygen atoms in total. The van der Waals surface area contributed by atoms with Crippen LogP contribution in [0.25, 0.3) is 22.5 Å². The predicted octanol–water partition coefficient (Wildman–Crippen LogP) is 20.0. The zero-order valence-electron chi connectivity index (χ0n) is 61.8. The van der Waals surface area contributed by atoms with Crippen molar-refractivity contribution in [3.63, 3.8) is 0 Å². The van der Waals surface area contributed by atoms with Crippen LogP contribution in [-0.2, 0) is 50.1 Å². The van der Waals surface area contributed by atoms with Crippen molar-refractivity contribution in [2.24, 2.45) is 21.7 Å². The van der Waals surface area contributed by atoms with Gasteiger partial charge in [-0.25, -0.2) is 0 Å². The molecule has 0 bridgehead atoms. The van der Waals surface area contributed by atoms with Gasteiger partial charge in [-0.2, -0.15) is 0 Å². The number of Topliss-reactive ketones (excluding diaryl/α,β-unsaturated/α-hetero) is 4. The molecule has 0 N–H and O–H groups in total. The van der Waals surface area contributed by atoms with Crippen LogP contribution in [0.4, 0.5) is 0 Å². The van der Waals surface area contributed by atoms with E-state index < -0.39 is 0 Å². The first kappa shape index (κ1) is 77.1. The Morgan fingerprint density at radius 3 is 1.15 bits per heavy atom. The molecule has 5 heterocycles. The van der Waals surface area contributed by atoms with Crippen molar-refractivity contribution in [1.82, 2.24) is 19.6 Å². The molecule has 4 fully saturated rings. The molecule has 0 radical (unpaired) electrons. The summed E-state index contributed by atoms with van der Waals surface area (Å²) < 4.78 is 22.9. The van der Waals surface area contributed by atoms with Gasteiger partial charge in [0.15, 0.2) is 0 Å². The van der Waals surface area contributed by atoms with Gasteiger partial charge in [-0.1, -0.05) is 207 Å². The van der Waals surface area contributed by atoms with Gasteiger partial charge in [0, 0.05) is 112 Å². The van der Waals surface area contributed by atoms with Gasteiger partial charge in [0.05, 0.1) is 6.54 Å². The van der Waals surface area contributed by atoms with E-state index in [0.717, 1.165) is 202 Å². The van der Waals surface area contributed by atoms with Crippen LogP contribution in [0.2, 0.25) is 0 Å². The summed E-state index contributed by atoms with van der Waals surface area (Å²) in [6.45, 7) is 26.3. The van der Waals surface area contributed by atoms with E-state index in [-0.39, 0.29) is 21.7 Å². The molecular formula is C89H112N4O8. The number of likely N-dealkylation sites (tertiary alicyclic amines) is 4. The molecule has 0 amide bonds. The molecular weight excluding hydrogens is 1250 g/mol. The van der Waals surface area contributed by atoms with Crippen molar-refractivity contribution in [2.45, 2.75) is 165 Å². The molecule has 8 aromatic rings. The number of ketones is 4. The highest BCUT2D eigenvalue weighted by Gasteiger charge is 2.42. The first-order chi connectivity index (χ1) is 48.9. The number of unbranched alkanes of at least 4 members (excludes halogenated alkanes) is 2. The van der Waals surface area contributed by atoms with E-state index in [1.165, 1.54) is 27.8 Å². The minimum atomic E-state index is -0.230. The Kier molecular flexibility index (Phi) is 29.2. The van der Waals surface area contributed by atoms with E-state index in [4.69, 9.17) is 18.6 Å². The molecule has 4 unspecified atom stereocenters. The Hall–Kier alpha value is -8.10. The highest BCUT2D eigenvalue weighted by molar-refractivity contribution is 5.86. The molecule has 4 atom stereocenters. The van der Waals surface area contributed by atoms with Crippen LogP contribution in [0.1, 0.15) is 161 Å². The lowest BCUT2D eigenvalue weighted by molar-refractivity contribution is -0.128. The molecule has 12 rings (SSSR count). The van der Waals surface area contributed by atoms with Gasteiger partial charge in [-0.3, -0.25) is 38.8 Å². The maximum atomic E-state index is 12.6. The molecule has 4 aliphatic rings. The minimum Gasteiger partial charge on any atom is -0.460 e. The Morgan fingerprint density at radius 2 is 0.733 bits per heavy atom. The van der Waals surface area contributed by atoms with Crippen LogP contribution in [0.3, 0.4) is 0 Å². The SMILES string of the molecule is CCCC(=O)C1(C)CCN(Cc2ccc(-c3ccccc3)cc2)C1.CCCCC(=O)C1(C)CCN(Cc2ccc(-c3ccccc3)o2)C1.CCCCC(=O)C1(C)CCN(Cc2cccc(Oc3ccccc3)c2)C1.COCCCC(=O)C1(C)CCN(Cc2cccc(Oc3ccccc3)c2)C1. The number of hydrogen-bond acceptors (Lipinski definition) is 12. The maximum Gasteiger partial charge on any atom is 0.140 e. The van der Waals surface area contributed by atoms with Crippen LogP contribution < -0.4 is 9.47 Å². The van der Waals surface area contributed by atoms with Crippen molar-refractivity contribution in [3.8, 4) is 45.4 Å². The van der Waals surface area contributed by atoms with Crippen LogP contribution >= 0.6 is 0 Å². The molecule has 0 spiro atoms. The second-order valence-electron chi connectivity index (χ2n) is 29.7. The Morgan fingerprint density at radius 1 is 0.366 bits per heavy atom. The third kappa shape index (κ3) is 23.2. The number of carbonyl (C=O) groups is 4. The lowest BCUT2D eigenvalue weighted by Crippen LogP contribution is -2.32. The number of para-hydroxylation sites is 2. The summed E-state index contributed by atoms with van der Waals surface area (Å²) in [4.78, 5) is 59.5. The first-order valence-electron chi connectivity index (χ1n) is 37.3. The number of methoxy groups -OCH3 is 1. The molecule has 4 aliphatic heterocycles. The lowest BCUT2D eigenvalue weighted by Gasteiger charge is -2.23. The van der Waals surface area contributed by atoms with Gasteiger partial charge in [-0.05, 0) is 166 Å². The summed E-state index contributed by atoms with van der Waals surface area (Å²) >= 11 is 0. The van der Waals surface area contributed by atoms with E-state index in [1.807, 2.05) is 115 Å². The van der Waals surface area contributed by atoms with Gasteiger partial charge in [-0.15, -0.1) is 0 Å². The summed E-state index contributed by atoms with van der Waals surface area (Å²) in [5.74, 6) is 6.93. The normalized spacial score (nSPS) is 20.6. The highest BCUT2D eigenvalue weighted by Crippen LogP contribution is 2.38. The summed E-state index contributed by atoms with van der Waals surface area (Å²) in [5, 5.41) is 0. The van der Waals surface area contributed by atoms with Crippen molar-refractivity contribution in [3.05, 3.63) is 229 Å². The second kappa shape index (κ2) is 38.2. The molecule has 0 saturated carbocycles. The van der Waals surface area contributed by atoms with Gasteiger partial charge < -0.3 is 18.6 Å². The number of nitrogens with zero attached hydrogens (tertiary/aromatic N) is 4. The average Bonchev–Trinajstić information content (AvgIpc) is 1.70. The smallest absolute Gasteiger partial charge is 0.140 e. The number of hydrogen-bond donors (Lipinski definition) is 0. The average molecular weight is 1370 g/mol. The highest BCUT2D eigenvalue weighted by atomic mass is 16.5. The van der Waals surface area contributed by atoms with Crippen LogP contribution in [0.15, 0.2) is 211 Å². The molecule has 536 valence electrons. The summed E-state index contributed by atoms with van der Waals surface area (Å²) in [5.41, 5.74) is 6.64. The van der Waals surface area contributed by atoms with Gasteiger partial charge >= 0.3 is 0 Å². The van der Waals surface area contributed by atoms with Crippen molar-refractivity contribution >= 4 is 23.1 Å². The van der Waals surface area contributed by atoms with Gasteiger partial charge in [0.25, 0.3) is 0 Å². The fourth-order valence-corrected chi connectivity index (χ4v) is 14.5. The second-order valence-corrected chi connectivity index (χ2v) is 29.7. The maximum absolute atomic E-state index is 12.6. The van der Waals surface area contributed by atoms with Crippen molar-refractivity contribution < 1.29 is 37.8 Å². The molecule has 1 aromatic heterocycles. The standard InChI is InChI=1S/C23H29NO3.C23H29NO2.C22H27NO.C21H27NO2/c1-23(22(25)12-7-15-26-2)13-14-24(18-23)17-19-8-6-11-21(16-19)27-20-9-4-3-5-10-20;1-3-4-13-22(25)23(2)14-15-24(18-23)17-19-9-8-12-21(16-19)26-20-10-6-5-7-11-20;1-3-7-21(24)22(2)14-15-23(17-22)16-18-10-12-20(13-11-18)19-8-5-4-6-9-19;1-3-4-10-20(23)21(2)13-14-22(16-21)15-18-11-12-19(24-18)17-8-6-5-7-9-17/h3-6,8-11,16H,7,12-15,17-18H2,1-2H3;5-12,16H,3-4,13-15,17-18H2,1-2H3;4-6,8-13H,3,7,14-17H2,1-2H3;5-9,11-12H,3-4,10,13-16H2,1-2H3. The largest absolute Gasteiger partial charge is 0.460 e. The zero-order valence-corrected chi connectivity index (χ0v) is 61.8. The Bertz CT molecular complexity index is 3830. The first-order valence-corrected chi connectivity index (χ1v) is 37.3. The third-order valence-corrected chi connectivity index (χ3v) is 20.8. The molecule has 7 aromatic carbocycles. The number of furan rings is 1. The summed E-state index contributed by atoms with van der Waals surface area (Å²) in [7, 11) is 1.68. The van der Waals surface area contributed by atoms with E-state index in [0.29, 0.717) is 36.2 Å². The minimum absolute atomic E-state index is 0.139. The Balaban J connectivity index is 0.000000157. The van der Waals surface area contributed by atoms with E-state index >= 15 is 0 Å². The lowest BCUT2D eigenvalue weighted by atomic mass is 9.82. The van der Waals surface area contributed by atoms with Gasteiger partial charge in [0.1, 0.15) is 57.7 Å². The third-order valence-electron chi connectivity index (χ3n) is 20.8. The molecule has 4 saturated heterocycles. The number of carbonyl (C=O) groups excluding carboxylic acids is 4. The quantitative estimate of drug-likeness (QED) is 0.0398. The number of ether oxygens (including phenoxy) is 3. The van der Waals surface area contributed by atoms with E-state index in [9.17, 15) is 19.2 Å². The van der Waals surface area contributed by atoms with Gasteiger partial charge in [0.2, 0.25) is 0 Å².